The van der Waals surface area contributed by atoms with Gasteiger partial charge in [0.15, 0.2) is 0 Å². The molecule has 2 amide bonds. The highest BCUT2D eigenvalue weighted by molar-refractivity contribution is 6.04. The summed E-state index contributed by atoms with van der Waals surface area (Å²) in [4.78, 5) is 24.6. The van der Waals surface area contributed by atoms with Gasteiger partial charge >= 0.3 is 0 Å². The van der Waals surface area contributed by atoms with E-state index in [1.54, 1.807) is 0 Å². The Kier molecular flexibility index (Phi) is 6.02. The van der Waals surface area contributed by atoms with Crippen LogP contribution in [-0.4, -0.2) is 24.9 Å². The molecule has 1 aliphatic heterocycles. The average molecular weight is 351 g/mol. The second kappa shape index (κ2) is 8.63. The lowest BCUT2D eigenvalue weighted by Gasteiger charge is -2.21. The summed E-state index contributed by atoms with van der Waals surface area (Å²) in [6.45, 7) is 4.26. The summed E-state index contributed by atoms with van der Waals surface area (Å²) in [5.74, 6) is 0.0714. The molecule has 0 aromatic heterocycles. The third-order valence-corrected chi connectivity index (χ3v) is 4.68. The minimum Gasteiger partial charge on any atom is -0.352 e. The molecule has 136 valence electrons. The van der Waals surface area contributed by atoms with E-state index in [-0.39, 0.29) is 17.7 Å². The smallest absolute Gasteiger partial charge is 0.255 e. The van der Waals surface area contributed by atoms with Gasteiger partial charge in [-0.05, 0) is 62.7 Å². The molecular formula is C21H25N3O2. The fourth-order valence-corrected chi connectivity index (χ4v) is 3.08. The van der Waals surface area contributed by atoms with Gasteiger partial charge in [0.1, 0.15) is 0 Å². The van der Waals surface area contributed by atoms with Gasteiger partial charge in [-0.3, -0.25) is 9.59 Å². The van der Waals surface area contributed by atoms with Gasteiger partial charge in [0, 0.05) is 23.7 Å². The highest BCUT2D eigenvalue weighted by atomic mass is 16.2. The number of aryl methyl sites for hydroxylation is 1. The number of rotatable bonds is 5. The van der Waals surface area contributed by atoms with Crippen molar-refractivity contribution < 1.29 is 9.59 Å². The molecule has 0 radical (unpaired) electrons. The van der Waals surface area contributed by atoms with Crippen LogP contribution >= 0.6 is 0 Å². The standard InChI is InChI=1S/C21H25N3O2/c1-15-5-7-17(8-6-15)21(26)24-19-4-2-3-16(13-19)14-23-20(25)18-9-11-22-12-10-18/h2-8,13,18,22H,9-12,14H2,1H3,(H,23,25)(H,24,26). The molecule has 0 unspecified atom stereocenters. The van der Waals surface area contributed by atoms with E-state index in [1.807, 2.05) is 55.5 Å². The SMILES string of the molecule is Cc1ccc(C(=O)Nc2cccc(CNC(=O)C3CCNCC3)c2)cc1. The second-order valence-corrected chi connectivity index (χ2v) is 6.76. The van der Waals surface area contributed by atoms with Crippen LogP contribution in [0.15, 0.2) is 48.5 Å². The lowest BCUT2D eigenvalue weighted by atomic mass is 9.97. The maximum absolute atomic E-state index is 12.3. The van der Waals surface area contributed by atoms with E-state index in [1.165, 1.54) is 0 Å². The summed E-state index contributed by atoms with van der Waals surface area (Å²) in [6.07, 6.45) is 1.77. The molecule has 0 atom stereocenters. The highest BCUT2D eigenvalue weighted by Crippen LogP contribution is 2.15. The number of piperidine rings is 1. The quantitative estimate of drug-likeness (QED) is 0.776. The first-order valence-electron chi connectivity index (χ1n) is 9.07. The van der Waals surface area contributed by atoms with Gasteiger partial charge in [0.2, 0.25) is 5.91 Å². The molecule has 3 rings (SSSR count). The van der Waals surface area contributed by atoms with Crippen molar-refractivity contribution in [1.29, 1.82) is 0 Å². The number of nitrogens with one attached hydrogen (secondary N) is 3. The zero-order valence-electron chi connectivity index (χ0n) is 15.0. The number of carbonyl (C=O) groups is 2. The van der Waals surface area contributed by atoms with Crippen molar-refractivity contribution in [3.8, 4) is 0 Å². The summed E-state index contributed by atoms with van der Waals surface area (Å²) >= 11 is 0. The van der Waals surface area contributed by atoms with Crippen molar-refractivity contribution in [3.63, 3.8) is 0 Å². The molecule has 1 saturated heterocycles. The molecule has 0 spiro atoms. The molecule has 1 aliphatic rings. The van der Waals surface area contributed by atoms with Crippen molar-refractivity contribution in [2.75, 3.05) is 18.4 Å². The van der Waals surface area contributed by atoms with Crippen LogP contribution < -0.4 is 16.0 Å². The zero-order valence-corrected chi connectivity index (χ0v) is 15.0. The van der Waals surface area contributed by atoms with Crippen molar-refractivity contribution in [1.82, 2.24) is 10.6 Å². The van der Waals surface area contributed by atoms with Gasteiger partial charge in [-0.15, -0.1) is 0 Å². The van der Waals surface area contributed by atoms with Crippen LogP contribution in [0.1, 0.15) is 34.3 Å². The van der Waals surface area contributed by atoms with Crippen LogP contribution in [-0.2, 0) is 11.3 Å². The Morgan fingerprint density at radius 1 is 1.08 bits per heavy atom. The molecule has 1 heterocycles. The molecule has 1 fully saturated rings. The van der Waals surface area contributed by atoms with Gasteiger partial charge in [-0.25, -0.2) is 0 Å². The summed E-state index contributed by atoms with van der Waals surface area (Å²) in [7, 11) is 0. The van der Waals surface area contributed by atoms with Crippen LogP contribution in [0.5, 0.6) is 0 Å². The maximum Gasteiger partial charge on any atom is 0.255 e. The van der Waals surface area contributed by atoms with Gasteiger partial charge in [-0.1, -0.05) is 29.8 Å². The number of amides is 2. The van der Waals surface area contributed by atoms with Crippen LogP contribution in [0.25, 0.3) is 0 Å². The van der Waals surface area contributed by atoms with Crippen molar-refractivity contribution >= 4 is 17.5 Å². The number of benzene rings is 2. The van der Waals surface area contributed by atoms with E-state index in [9.17, 15) is 9.59 Å². The zero-order chi connectivity index (χ0) is 18.4. The summed E-state index contributed by atoms with van der Waals surface area (Å²) in [5.41, 5.74) is 3.44. The third kappa shape index (κ3) is 4.92. The Labute approximate surface area is 154 Å². The first kappa shape index (κ1) is 18.1. The van der Waals surface area contributed by atoms with Gasteiger partial charge in [0.05, 0.1) is 0 Å². The fraction of sp³-hybridized carbons (Fsp3) is 0.333. The molecule has 0 bridgehead atoms. The van der Waals surface area contributed by atoms with Crippen LogP contribution in [0.3, 0.4) is 0 Å². The predicted octanol–water partition coefficient (Wildman–Crippen LogP) is 2.86. The molecular weight excluding hydrogens is 326 g/mol. The summed E-state index contributed by atoms with van der Waals surface area (Å²) < 4.78 is 0. The maximum atomic E-state index is 12.3. The fourth-order valence-electron chi connectivity index (χ4n) is 3.08. The lowest BCUT2D eigenvalue weighted by molar-refractivity contribution is -0.125. The Morgan fingerprint density at radius 3 is 2.54 bits per heavy atom. The second-order valence-electron chi connectivity index (χ2n) is 6.76. The largest absolute Gasteiger partial charge is 0.352 e. The number of carbonyl (C=O) groups excluding carboxylic acids is 2. The first-order valence-corrected chi connectivity index (χ1v) is 9.07. The van der Waals surface area contributed by atoms with E-state index in [2.05, 4.69) is 16.0 Å². The number of hydrogen-bond acceptors (Lipinski definition) is 3. The minimum atomic E-state index is -0.138. The molecule has 0 saturated carbocycles. The topological polar surface area (TPSA) is 70.2 Å². The van der Waals surface area contributed by atoms with Crippen molar-refractivity contribution in [3.05, 3.63) is 65.2 Å². The monoisotopic (exact) mass is 351 g/mol. The average Bonchev–Trinajstić information content (AvgIpc) is 2.67. The predicted molar refractivity (Wildman–Crippen MR) is 103 cm³/mol. The van der Waals surface area contributed by atoms with Crippen LogP contribution in [0.4, 0.5) is 5.69 Å². The van der Waals surface area contributed by atoms with E-state index >= 15 is 0 Å². The Balaban J connectivity index is 1.56. The molecule has 3 N–H and O–H groups in total. The van der Waals surface area contributed by atoms with Gasteiger partial charge < -0.3 is 16.0 Å². The van der Waals surface area contributed by atoms with E-state index in [0.29, 0.717) is 12.1 Å². The van der Waals surface area contributed by atoms with Crippen LogP contribution in [0.2, 0.25) is 0 Å². The Hall–Kier alpha value is -2.66. The number of anilines is 1. The molecule has 0 aliphatic carbocycles. The minimum absolute atomic E-state index is 0.0978. The lowest BCUT2D eigenvalue weighted by Crippen LogP contribution is -2.37. The van der Waals surface area contributed by atoms with E-state index in [0.717, 1.165) is 42.7 Å². The van der Waals surface area contributed by atoms with Gasteiger partial charge in [0.25, 0.3) is 5.91 Å². The summed E-state index contributed by atoms with van der Waals surface area (Å²) in [6, 6.07) is 15.0. The number of hydrogen-bond donors (Lipinski definition) is 3. The van der Waals surface area contributed by atoms with E-state index < -0.39 is 0 Å². The highest BCUT2D eigenvalue weighted by Gasteiger charge is 2.20. The van der Waals surface area contributed by atoms with Crippen molar-refractivity contribution in [2.24, 2.45) is 5.92 Å². The Bertz CT molecular complexity index is 765. The van der Waals surface area contributed by atoms with Crippen LogP contribution in [0, 0.1) is 12.8 Å². The van der Waals surface area contributed by atoms with E-state index in [4.69, 9.17) is 0 Å². The molecule has 26 heavy (non-hydrogen) atoms. The van der Waals surface area contributed by atoms with Gasteiger partial charge in [-0.2, -0.15) is 0 Å². The first-order chi connectivity index (χ1) is 12.6. The van der Waals surface area contributed by atoms with Crippen molar-refractivity contribution in [2.45, 2.75) is 26.3 Å². The Morgan fingerprint density at radius 2 is 1.81 bits per heavy atom. The third-order valence-electron chi connectivity index (χ3n) is 4.68. The molecule has 2 aromatic rings. The summed E-state index contributed by atoms with van der Waals surface area (Å²) in [5, 5.41) is 9.18. The normalized spacial score (nSPS) is 14.7. The molecule has 2 aromatic carbocycles. The molecule has 5 nitrogen and oxygen atoms in total. The molecule has 5 heteroatoms.